The number of sulfonamides is 1. The molecule has 2 amide bonds. The molecule has 220 valence electrons. The molecule has 0 bridgehead atoms. The first-order valence-electron chi connectivity index (χ1n) is 13.3. The molecule has 7 nitrogen and oxygen atoms in total. The Labute approximate surface area is 238 Å². The van der Waals surface area contributed by atoms with Gasteiger partial charge in [0.15, 0.2) is 0 Å². The molecule has 2 aromatic carbocycles. The fourth-order valence-corrected chi connectivity index (χ4v) is 5.96. The van der Waals surface area contributed by atoms with Crippen LogP contribution in [0.1, 0.15) is 63.0 Å². The molecule has 40 heavy (non-hydrogen) atoms. The third-order valence-corrected chi connectivity index (χ3v) is 8.59. The molecule has 0 aliphatic heterocycles. The number of nitrogens with zero attached hydrogens (tertiary/aromatic N) is 2. The van der Waals surface area contributed by atoms with Crippen LogP contribution < -0.4 is 9.62 Å². The van der Waals surface area contributed by atoms with Crippen molar-refractivity contribution in [2.24, 2.45) is 0 Å². The second-order valence-corrected chi connectivity index (χ2v) is 12.4. The van der Waals surface area contributed by atoms with Crippen molar-refractivity contribution in [3.63, 3.8) is 0 Å². The average molecular weight is 602 g/mol. The van der Waals surface area contributed by atoms with Gasteiger partial charge in [0, 0.05) is 30.6 Å². The Morgan fingerprint density at radius 1 is 1.07 bits per heavy atom. The topological polar surface area (TPSA) is 86.8 Å². The van der Waals surface area contributed by atoms with E-state index in [4.69, 9.17) is 11.6 Å². The number of anilines is 1. The Hall–Kier alpha value is -2.79. The standard InChI is InChI=1S/C28H35ClF3N3O4S/c1-20(27(37)33-23-12-4-3-5-13-23)34(19-21-10-6-7-15-25(21)29)26(36)16-9-17-35(40(2,38)39)24-14-8-11-22(18-24)28(30,31)32/h6-8,10-11,14-15,18,20,23H,3-5,9,12-13,16-17,19H2,1-2H3,(H,33,37)/t20-/m1/s1. The van der Waals surface area contributed by atoms with Gasteiger partial charge in [-0.05, 0) is 56.0 Å². The molecule has 1 saturated carbocycles. The number of hydrogen-bond acceptors (Lipinski definition) is 4. The fourth-order valence-electron chi connectivity index (χ4n) is 4.80. The van der Waals surface area contributed by atoms with Gasteiger partial charge in [-0.3, -0.25) is 13.9 Å². The van der Waals surface area contributed by atoms with E-state index in [2.05, 4.69) is 5.32 Å². The summed E-state index contributed by atoms with van der Waals surface area (Å²) >= 11 is 6.33. The van der Waals surface area contributed by atoms with Gasteiger partial charge in [-0.1, -0.05) is 55.1 Å². The molecule has 0 spiro atoms. The summed E-state index contributed by atoms with van der Waals surface area (Å²) in [7, 11) is -3.94. The zero-order valence-corrected chi connectivity index (χ0v) is 24.2. The third kappa shape index (κ3) is 8.86. The number of carbonyl (C=O) groups is 2. The molecule has 1 atom stereocenters. The predicted molar refractivity (Wildman–Crippen MR) is 149 cm³/mol. The zero-order chi connectivity index (χ0) is 29.5. The van der Waals surface area contributed by atoms with Gasteiger partial charge in [-0.25, -0.2) is 8.42 Å². The van der Waals surface area contributed by atoms with Crippen molar-refractivity contribution in [2.75, 3.05) is 17.1 Å². The second-order valence-electron chi connectivity index (χ2n) is 10.1. The molecule has 1 aliphatic carbocycles. The van der Waals surface area contributed by atoms with Gasteiger partial charge in [0.05, 0.1) is 17.5 Å². The van der Waals surface area contributed by atoms with Gasteiger partial charge < -0.3 is 10.2 Å². The summed E-state index contributed by atoms with van der Waals surface area (Å²) in [6.07, 6.45) is 1.12. The van der Waals surface area contributed by atoms with E-state index >= 15 is 0 Å². The molecule has 2 aromatic rings. The lowest BCUT2D eigenvalue weighted by Gasteiger charge is -2.31. The molecule has 1 N–H and O–H groups in total. The molecule has 1 aliphatic rings. The van der Waals surface area contributed by atoms with Gasteiger partial charge in [0.2, 0.25) is 21.8 Å². The maximum Gasteiger partial charge on any atom is 0.416 e. The quantitative estimate of drug-likeness (QED) is 0.354. The van der Waals surface area contributed by atoms with E-state index in [9.17, 15) is 31.2 Å². The molecular weight excluding hydrogens is 567 g/mol. The first kappa shape index (κ1) is 31.7. The number of nitrogens with one attached hydrogen (secondary N) is 1. The van der Waals surface area contributed by atoms with Crippen LogP contribution in [-0.4, -0.2) is 50.0 Å². The summed E-state index contributed by atoms with van der Waals surface area (Å²) in [5, 5.41) is 3.48. The molecule has 0 unspecified atom stereocenters. The summed E-state index contributed by atoms with van der Waals surface area (Å²) in [5.41, 5.74) is -0.465. The van der Waals surface area contributed by atoms with Crippen LogP contribution in [0.3, 0.4) is 0 Å². The molecule has 0 aromatic heterocycles. The first-order valence-corrected chi connectivity index (χ1v) is 15.5. The SMILES string of the molecule is C[C@H](C(=O)NC1CCCCC1)N(Cc1ccccc1Cl)C(=O)CCCN(c1cccc(C(F)(F)F)c1)S(C)(=O)=O. The van der Waals surface area contributed by atoms with Crippen molar-refractivity contribution in [3.05, 3.63) is 64.7 Å². The van der Waals surface area contributed by atoms with Crippen molar-refractivity contribution < 1.29 is 31.2 Å². The minimum Gasteiger partial charge on any atom is -0.352 e. The maximum absolute atomic E-state index is 13.4. The molecule has 1 fully saturated rings. The van der Waals surface area contributed by atoms with Gasteiger partial charge in [0.25, 0.3) is 0 Å². The number of halogens is 4. The summed E-state index contributed by atoms with van der Waals surface area (Å²) in [6, 6.07) is 10.2. The van der Waals surface area contributed by atoms with Crippen LogP contribution in [0.5, 0.6) is 0 Å². The molecule has 3 rings (SSSR count). The van der Waals surface area contributed by atoms with Crippen molar-refractivity contribution in [1.29, 1.82) is 0 Å². The lowest BCUT2D eigenvalue weighted by atomic mass is 9.95. The van der Waals surface area contributed by atoms with Crippen molar-refractivity contribution in [1.82, 2.24) is 10.2 Å². The predicted octanol–water partition coefficient (Wildman–Crippen LogP) is 5.77. The fraction of sp³-hybridized carbons (Fsp3) is 0.500. The highest BCUT2D eigenvalue weighted by atomic mass is 35.5. The summed E-state index contributed by atoms with van der Waals surface area (Å²) in [6.45, 7) is 1.49. The van der Waals surface area contributed by atoms with Gasteiger partial charge >= 0.3 is 6.18 Å². The lowest BCUT2D eigenvalue weighted by Crippen LogP contribution is -2.50. The van der Waals surface area contributed by atoms with Crippen LogP contribution >= 0.6 is 11.6 Å². The van der Waals surface area contributed by atoms with E-state index in [0.717, 1.165) is 60.9 Å². The maximum atomic E-state index is 13.4. The highest BCUT2D eigenvalue weighted by molar-refractivity contribution is 7.92. The zero-order valence-electron chi connectivity index (χ0n) is 22.6. The number of hydrogen-bond donors (Lipinski definition) is 1. The van der Waals surface area contributed by atoms with Crippen LogP contribution in [-0.2, 0) is 32.3 Å². The highest BCUT2D eigenvalue weighted by Crippen LogP contribution is 2.32. The smallest absolute Gasteiger partial charge is 0.352 e. The van der Waals surface area contributed by atoms with Gasteiger partial charge in [-0.15, -0.1) is 0 Å². The molecule has 0 heterocycles. The largest absolute Gasteiger partial charge is 0.416 e. The number of rotatable bonds is 11. The Morgan fingerprint density at radius 3 is 2.38 bits per heavy atom. The Balaban J connectivity index is 1.75. The van der Waals surface area contributed by atoms with Crippen LogP contribution in [0.2, 0.25) is 5.02 Å². The number of carbonyl (C=O) groups excluding carboxylic acids is 2. The molecule has 0 radical (unpaired) electrons. The van der Waals surface area contributed by atoms with Crippen LogP contribution in [0.4, 0.5) is 18.9 Å². The summed E-state index contributed by atoms with van der Waals surface area (Å²) < 4.78 is 65.4. The minimum absolute atomic E-state index is 0.0259. The summed E-state index contributed by atoms with van der Waals surface area (Å²) in [4.78, 5) is 28.0. The first-order chi connectivity index (χ1) is 18.8. The molecule has 0 saturated heterocycles. The van der Waals surface area contributed by atoms with Crippen molar-refractivity contribution in [2.45, 2.75) is 76.7 Å². The summed E-state index contributed by atoms with van der Waals surface area (Å²) in [5.74, 6) is -0.683. The number of amides is 2. The third-order valence-electron chi connectivity index (χ3n) is 7.03. The van der Waals surface area contributed by atoms with E-state index in [1.54, 1.807) is 31.2 Å². The van der Waals surface area contributed by atoms with E-state index in [-0.39, 0.29) is 43.6 Å². The van der Waals surface area contributed by atoms with E-state index in [1.165, 1.54) is 11.0 Å². The Kier molecular flexibility index (Phi) is 10.9. The minimum atomic E-state index is -4.64. The second kappa shape index (κ2) is 13.7. The Bertz CT molecular complexity index is 1280. The average Bonchev–Trinajstić information content (AvgIpc) is 2.89. The number of alkyl halides is 3. The lowest BCUT2D eigenvalue weighted by molar-refractivity contribution is -0.141. The van der Waals surface area contributed by atoms with Crippen molar-refractivity contribution >= 4 is 39.1 Å². The van der Waals surface area contributed by atoms with Crippen molar-refractivity contribution in [3.8, 4) is 0 Å². The number of benzene rings is 2. The van der Waals surface area contributed by atoms with E-state index < -0.39 is 33.7 Å². The normalized spacial score (nSPS) is 15.3. The molecular formula is C28H35ClF3N3O4S. The van der Waals surface area contributed by atoms with E-state index in [0.29, 0.717) is 10.6 Å². The van der Waals surface area contributed by atoms with Crippen LogP contribution in [0, 0.1) is 0 Å². The Morgan fingerprint density at radius 2 is 1.75 bits per heavy atom. The van der Waals surface area contributed by atoms with Crippen LogP contribution in [0.15, 0.2) is 48.5 Å². The van der Waals surface area contributed by atoms with Crippen LogP contribution in [0.25, 0.3) is 0 Å². The monoisotopic (exact) mass is 601 g/mol. The van der Waals surface area contributed by atoms with E-state index in [1.807, 2.05) is 0 Å². The van der Waals surface area contributed by atoms with Gasteiger partial charge in [0.1, 0.15) is 6.04 Å². The molecule has 12 heteroatoms. The van der Waals surface area contributed by atoms with Gasteiger partial charge in [-0.2, -0.15) is 13.2 Å². The highest BCUT2D eigenvalue weighted by Gasteiger charge is 2.32.